The van der Waals surface area contributed by atoms with Gasteiger partial charge < -0.3 is 10.3 Å². The van der Waals surface area contributed by atoms with Crippen molar-refractivity contribution < 1.29 is 0 Å². The maximum atomic E-state index is 5.95. The van der Waals surface area contributed by atoms with Crippen molar-refractivity contribution in [1.82, 2.24) is 18.9 Å². The second-order valence-electron chi connectivity index (χ2n) is 3.85. The van der Waals surface area contributed by atoms with E-state index in [-0.39, 0.29) is 0 Å². The van der Waals surface area contributed by atoms with Gasteiger partial charge in [0.1, 0.15) is 16.3 Å². The highest BCUT2D eigenvalue weighted by atomic mass is 32.1. The van der Waals surface area contributed by atoms with Crippen LogP contribution in [0.5, 0.6) is 0 Å². The average Bonchev–Trinajstić information content (AvgIpc) is 2.82. The quantitative estimate of drug-likeness (QED) is 0.711. The summed E-state index contributed by atoms with van der Waals surface area (Å²) in [5.74, 6) is 0.822. The van der Waals surface area contributed by atoms with E-state index < -0.39 is 0 Å². The van der Waals surface area contributed by atoms with Crippen molar-refractivity contribution in [3.05, 3.63) is 24.0 Å². The molecular formula is C11H11N5S. The molecule has 3 aromatic rings. The van der Waals surface area contributed by atoms with Crippen LogP contribution >= 0.6 is 11.5 Å². The lowest BCUT2D eigenvalue weighted by molar-refractivity contribution is 0.940. The number of fused-ring (bicyclic) bond motifs is 1. The zero-order valence-electron chi connectivity index (χ0n) is 9.51. The Morgan fingerprint density at radius 3 is 2.88 bits per heavy atom. The lowest BCUT2D eigenvalue weighted by atomic mass is 10.2. The molecule has 0 aromatic carbocycles. The van der Waals surface area contributed by atoms with Crippen molar-refractivity contribution in [3.63, 3.8) is 0 Å². The molecule has 0 saturated carbocycles. The molecule has 5 nitrogen and oxygen atoms in total. The van der Waals surface area contributed by atoms with Gasteiger partial charge in [0.15, 0.2) is 5.65 Å². The highest BCUT2D eigenvalue weighted by molar-refractivity contribution is 7.10. The lowest BCUT2D eigenvalue weighted by Gasteiger charge is -2.01. The van der Waals surface area contributed by atoms with Crippen molar-refractivity contribution in [2.45, 2.75) is 6.92 Å². The number of nitrogens with zero attached hydrogens (tertiary/aromatic N) is 4. The van der Waals surface area contributed by atoms with E-state index >= 15 is 0 Å². The van der Waals surface area contributed by atoms with Crippen LogP contribution in [0.2, 0.25) is 0 Å². The monoisotopic (exact) mass is 245 g/mol. The average molecular weight is 245 g/mol. The third-order valence-corrected chi connectivity index (χ3v) is 3.51. The first-order chi connectivity index (χ1) is 8.18. The Morgan fingerprint density at radius 1 is 1.41 bits per heavy atom. The zero-order chi connectivity index (χ0) is 12.0. The summed E-state index contributed by atoms with van der Waals surface area (Å²) in [4.78, 5) is 8.88. The van der Waals surface area contributed by atoms with Gasteiger partial charge in [-0.15, -0.1) is 0 Å². The smallest absolute Gasteiger partial charge is 0.160 e. The molecule has 0 aliphatic carbocycles. The number of nitrogens with two attached hydrogens (primary N) is 1. The van der Waals surface area contributed by atoms with Crippen LogP contribution in [0.4, 0.5) is 5.00 Å². The van der Waals surface area contributed by atoms with E-state index in [0.29, 0.717) is 5.00 Å². The summed E-state index contributed by atoms with van der Waals surface area (Å²) >= 11 is 1.30. The number of imidazole rings is 1. The van der Waals surface area contributed by atoms with Gasteiger partial charge in [0.05, 0.1) is 11.3 Å². The number of anilines is 1. The third-order valence-electron chi connectivity index (χ3n) is 2.74. The van der Waals surface area contributed by atoms with Gasteiger partial charge in [0, 0.05) is 13.2 Å². The molecule has 0 saturated heterocycles. The minimum Gasteiger partial charge on any atom is -0.389 e. The second kappa shape index (κ2) is 3.53. The maximum absolute atomic E-state index is 5.95. The molecule has 0 fully saturated rings. The largest absolute Gasteiger partial charge is 0.389 e. The number of aryl methyl sites for hydroxylation is 2. The van der Waals surface area contributed by atoms with E-state index in [9.17, 15) is 0 Å². The van der Waals surface area contributed by atoms with Gasteiger partial charge in [-0.1, -0.05) is 0 Å². The van der Waals surface area contributed by atoms with Crippen molar-refractivity contribution in [3.8, 4) is 11.4 Å². The van der Waals surface area contributed by atoms with Gasteiger partial charge in [0.2, 0.25) is 0 Å². The van der Waals surface area contributed by atoms with Crippen LogP contribution in [0.1, 0.15) is 5.69 Å². The van der Waals surface area contributed by atoms with Gasteiger partial charge in [-0.05, 0) is 30.6 Å². The van der Waals surface area contributed by atoms with Crippen LogP contribution in [0, 0.1) is 6.92 Å². The SMILES string of the molecule is Cc1nsc(N)c1-c1nc2cccnc2n1C. The van der Waals surface area contributed by atoms with E-state index in [1.54, 1.807) is 6.20 Å². The molecule has 0 aliphatic rings. The van der Waals surface area contributed by atoms with Gasteiger partial charge in [-0.25, -0.2) is 9.97 Å². The highest BCUT2D eigenvalue weighted by Crippen LogP contribution is 2.32. The van der Waals surface area contributed by atoms with Gasteiger partial charge >= 0.3 is 0 Å². The second-order valence-corrected chi connectivity index (χ2v) is 4.65. The first-order valence-corrected chi connectivity index (χ1v) is 5.95. The fraction of sp³-hybridized carbons (Fsp3) is 0.182. The summed E-state index contributed by atoms with van der Waals surface area (Å²) in [7, 11) is 1.94. The molecule has 3 heterocycles. The summed E-state index contributed by atoms with van der Waals surface area (Å²) in [6, 6.07) is 3.82. The van der Waals surface area contributed by atoms with E-state index in [1.165, 1.54) is 11.5 Å². The first kappa shape index (κ1) is 10.2. The Labute approximate surface area is 102 Å². The van der Waals surface area contributed by atoms with E-state index in [4.69, 9.17) is 5.73 Å². The first-order valence-electron chi connectivity index (χ1n) is 5.18. The maximum Gasteiger partial charge on any atom is 0.160 e. The molecule has 0 aliphatic heterocycles. The van der Waals surface area contributed by atoms with E-state index in [2.05, 4.69) is 14.3 Å². The fourth-order valence-electron chi connectivity index (χ4n) is 1.91. The van der Waals surface area contributed by atoms with Crippen LogP contribution < -0.4 is 5.73 Å². The lowest BCUT2D eigenvalue weighted by Crippen LogP contribution is -1.96. The number of hydrogen-bond donors (Lipinski definition) is 1. The standard InChI is InChI=1S/C11H11N5S/c1-6-8(9(12)17-15-6)11-14-7-4-3-5-13-10(7)16(11)2/h3-5H,12H2,1-2H3. The van der Waals surface area contributed by atoms with E-state index in [0.717, 1.165) is 28.2 Å². The molecule has 3 aromatic heterocycles. The number of pyridine rings is 1. The molecule has 0 spiro atoms. The predicted octanol–water partition coefficient (Wildman–Crippen LogP) is 1.98. The highest BCUT2D eigenvalue weighted by Gasteiger charge is 2.17. The molecule has 2 N–H and O–H groups in total. The Balaban J connectivity index is 2.35. The molecule has 0 amide bonds. The molecule has 3 rings (SSSR count). The Bertz CT molecular complexity index is 678. The molecule has 0 radical (unpaired) electrons. The molecule has 6 heteroatoms. The molecular weight excluding hydrogens is 234 g/mol. The van der Waals surface area contributed by atoms with Crippen LogP contribution in [0.15, 0.2) is 18.3 Å². The van der Waals surface area contributed by atoms with Crippen LogP contribution in [-0.4, -0.2) is 18.9 Å². The van der Waals surface area contributed by atoms with Gasteiger partial charge in [-0.3, -0.25) is 0 Å². The summed E-state index contributed by atoms with van der Waals surface area (Å²) in [5.41, 5.74) is 9.49. The Kier molecular flexibility index (Phi) is 2.12. The third kappa shape index (κ3) is 1.41. The summed E-state index contributed by atoms with van der Waals surface area (Å²) < 4.78 is 6.19. The summed E-state index contributed by atoms with van der Waals surface area (Å²) in [6.07, 6.45) is 1.76. The topological polar surface area (TPSA) is 69.6 Å². The van der Waals surface area contributed by atoms with Gasteiger partial charge in [0.25, 0.3) is 0 Å². The van der Waals surface area contributed by atoms with E-state index in [1.807, 2.05) is 30.7 Å². The minimum atomic E-state index is 0.695. The molecule has 86 valence electrons. The Hall–Kier alpha value is -1.95. The van der Waals surface area contributed by atoms with Gasteiger partial charge in [-0.2, -0.15) is 4.37 Å². The van der Waals surface area contributed by atoms with Crippen molar-refractivity contribution >= 4 is 27.7 Å². The number of nitrogen functional groups attached to an aromatic ring is 1. The fourth-order valence-corrected chi connectivity index (χ4v) is 2.56. The molecule has 17 heavy (non-hydrogen) atoms. The number of rotatable bonds is 1. The molecule has 0 unspecified atom stereocenters. The number of hydrogen-bond acceptors (Lipinski definition) is 5. The van der Waals surface area contributed by atoms with Crippen molar-refractivity contribution in [2.24, 2.45) is 7.05 Å². The molecule has 0 atom stereocenters. The predicted molar refractivity (Wildman–Crippen MR) is 68.8 cm³/mol. The van der Waals surface area contributed by atoms with Crippen molar-refractivity contribution in [2.75, 3.05) is 5.73 Å². The Morgan fingerprint density at radius 2 is 2.24 bits per heavy atom. The van der Waals surface area contributed by atoms with Crippen molar-refractivity contribution in [1.29, 1.82) is 0 Å². The summed E-state index contributed by atoms with van der Waals surface area (Å²) in [5, 5.41) is 0.695. The number of aromatic nitrogens is 4. The molecule has 0 bridgehead atoms. The normalized spacial score (nSPS) is 11.2. The zero-order valence-corrected chi connectivity index (χ0v) is 10.3. The van der Waals surface area contributed by atoms with Crippen LogP contribution in [-0.2, 0) is 7.05 Å². The minimum absolute atomic E-state index is 0.695. The van der Waals surface area contributed by atoms with Crippen LogP contribution in [0.3, 0.4) is 0 Å². The summed E-state index contributed by atoms with van der Waals surface area (Å²) in [6.45, 7) is 1.94. The van der Waals surface area contributed by atoms with Crippen LogP contribution in [0.25, 0.3) is 22.6 Å².